The van der Waals surface area contributed by atoms with E-state index in [1.165, 1.54) is 4.68 Å². The zero-order chi connectivity index (χ0) is 15.5. The number of benzene rings is 1. The Balaban J connectivity index is 1.86. The lowest BCUT2D eigenvalue weighted by molar-refractivity contribution is -0.137. The van der Waals surface area contributed by atoms with Crippen molar-refractivity contribution in [3.63, 3.8) is 0 Å². The van der Waals surface area contributed by atoms with Crippen molar-refractivity contribution >= 4 is 17.2 Å². The summed E-state index contributed by atoms with van der Waals surface area (Å²) in [4.78, 5) is 0.290. The predicted molar refractivity (Wildman–Crippen MR) is 75.1 cm³/mol. The van der Waals surface area contributed by atoms with Gasteiger partial charge in [0, 0.05) is 11.8 Å². The summed E-state index contributed by atoms with van der Waals surface area (Å²) in [6.07, 6.45) is -2.65. The van der Waals surface area contributed by atoms with E-state index in [4.69, 9.17) is 22.7 Å². The molecule has 0 fully saturated rings. The van der Waals surface area contributed by atoms with Crippen molar-refractivity contribution in [1.82, 2.24) is 9.78 Å². The SMILES string of the molecule is NC(=S)c1ccc(OCCn2cc(C(F)(F)F)cn2)cc1. The van der Waals surface area contributed by atoms with Crippen molar-refractivity contribution in [2.24, 2.45) is 5.73 Å². The van der Waals surface area contributed by atoms with Crippen LogP contribution in [0.4, 0.5) is 13.2 Å². The number of nitrogens with zero attached hydrogens (tertiary/aromatic N) is 2. The fourth-order valence-electron chi connectivity index (χ4n) is 1.60. The zero-order valence-electron chi connectivity index (χ0n) is 10.8. The molecule has 2 N–H and O–H groups in total. The van der Waals surface area contributed by atoms with Gasteiger partial charge in [0.2, 0.25) is 0 Å². The van der Waals surface area contributed by atoms with E-state index in [1.54, 1.807) is 24.3 Å². The highest BCUT2D eigenvalue weighted by atomic mass is 32.1. The molecule has 0 aliphatic rings. The summed E-state index contributed by atoms with van der Waals surface area (Å²) in [6, 6.07) is 6.82. The monoisotopic (exact) mass is 315 g/mol. The molecule has 112 valence electrons. The number of aromatic nitrogens is 2. The van der Waals surface area contributed by atoms with Crippen LogP contribution < -0.4 is 10.5 Å². The Kier molecular flexibility index (Phi) is 4.46. The van der Waals surface area contributed by atoms with Crippen molar-refractivity contribution in [2.75, 3.05) is 6.61 Å². The van der Waals surface area contributed by atoms with Gasteiger partial charge in [-0.3, -0.25) is 4.68 Å². The van der Waals surface area contributed by atoms with E-state index in [0.29, 0.717) is 5.75 Å². The van der Waals surface area contributed by atoms with E-state index < -0.39 is 11.7 Å². The Morgan fingerprint density at radius 3 is 2.48 bits per heavy atom. The second-order valence-electron chi connectivity index (χ2n) is 4.23. The molecule has 0 saturated heterocycles. The molecule has 0 unspecified atom stereocenters. The maximum atomic E-state index is 12.4. The van der Waals surface area contributed by atoms with E-state index >= 15 is 0 Å². The molecule has 0 saturated carbocycles. The van der Waals surface area contributed by atoms with E-state index in [0.717, 1.165) is 18.0 Å². The minimum atomic E-state index is -4.38. The summed E-state index contributed by atoms with van der Waals surface area (Å²) < 4.78 is 43.8. The van der Waals surface area contributed by atoms with E-state index in [1.807, 2.05) is 0 Å². The van der Waals surface area contributed by atoms with Crippen LogP contribution >= 0.6 is 12.2 Å². The van der Waals surface area contributed by atoms with Crippen LogP contribution in [0.3, 0.4) is 0 Å². The first-order chi connectivity index (χ1) is 9.86. The molecule has 0 aliphatic carbocycles. The highest BCUT2D eigenvalue weighted by molar-refractivity contribution is 7.80. The largest absolute Gasteiger partial charge is 0.492 e. The first kappa shape index (κ1) is 15.3. The maximum absolute atomic E-state index is 12.4. The van der Waals surface area contributed by atoms with Gasteiger partial charge in [0.05, 0.1) is 18.3 Å². The van der Waals surface area contributed by atoms with Crippen molar-refractivity contribution in [1.29, 1.82) is 0 Å². The minimum Gasteiger partial charge on any atom is -0.492 e. The van der Waals surface area contributed by atoms with Crippen LogP contribution in [0, 0.1) is 0 Å². The van der Waals surface area contributed by atoms with E-state index in [-0.39, 0.29) is 18.1 Å². The second kappa shape index (κ2) is 6.13. The Hall–Kier alpha value is -2.09. The standard InChI is InChI=1S/C13H12F3N3OS/c14-13(15,16)10-7-18-19(8-10)5-6-20-11-3-1-9(2-4-11)12(17)21/h1-4,7-8H,5-6H2,(H2,17,21). The Morgan fingerprint density at radius 1 is 1.29 bits per heavy atom. The number of nitrogens with two attached hydrogens (primary N) is 1. The molecular weight excluding hydrogens is 303 g/mol. The molecule has 0 aliphatic heterocycles. The lowest BCUT2D eigenvalue weighted by Crippen LogP contribution is -2.10. The average Bonchev–Trinajstić information content (AvgIpc) is 2.88. The Bertz CT molecular complexity index is 622. The van der Waals surface area contributed by atoms with Gasteiger partial charge < -0.3 is 10.5 Å². The topological polar surface area (TPSA) is 53.1 Å². The van der Waals surface area contributed by atoms with Crippen molar-refractivity contribution in [3.8, 4) is 5.75 Å². The van der Waals surface area contributed by atoms with Gasteiger partial charge in [-0.2, -0.15) is 18.3 Å². The Morgan fingerprint density at radius 2 is 1.95 bits per heavy atom. The van der Waals surface area contributed by atoms with Crippen LogP contribution in [0.15, 0.2) is 36.7 Å². The third-order valence-corrected chi connectivity index (χ3v) is 2.92. The molecule has 1 aromatic heterocycles. The number of alkyl halides is 3. The first-order valence-electron chi connectivity index (χ1n) is 5.98. The number of hydrogen-bond acceptors (Lipinski definition) is 3. The number of hydrogen-bond donors (Lipinski definition) is 1. The molecule has 0 spiro atoms. The quantitative estimate of drug-likeness (QED) is 0.862. The average molecular weight is 315 g/mol. The maximum Gasteiger partial charge on any atom is 0.419 e. The molecule has 0 amide bonds. The van der Waals surface area contributed by atoms with Crippen LogP contribution in [-0.4, -0.2) is 21.4 Å². The van der Waals surface area contributed by atoms with E-state index in [9.17, 15) is 13.2 Å². The molecule has 0 bridgehead atoms. The highest BCUT2D eigenvalue weighted by Gasteiger charge is 2.32. The van der Waals surface area contributed by atoms with Gasteiger partial charge in [-0.15, -0.1) is 0 Å². The van der Waals surface area contributed by atoms with Crippen molar-refractivity contribution in [2.45, 2.75) is 12.7 Å². The number of halogens is 3. The smallest absolute Gasteiger partial charge is 0.419 e. The second-order valence-corrected chi connectivity index (χ2v) is 4.67. The van der Waals surface area contributed by atoms with Gasteiger partial charge >= 0.3 is 6.18 Å². The van der Waals surface area contributed by atoms with Crippen LogP contribution in [0.1, 0.15) is 11.1 Å². The third kappa shape index (κ3) is 4.19. The minimum absolute atomic E-state index is 0.200. The molecule has 21 heavy (non-hydrogen) atoms. The first-order valence-corrected chi connectivity index (χ1v) is 6.39. The van der Waals surface area contributed by atoms with Crippen molar-refractivity contribution in [3.05, 3.63) is 47.8 Å². The van der Waals surface area contributed by atoms with Crippen LogP contribution in [0.25, 0.3) is 0 Å². The van der Waals surface area contributed by atoms with Gasteiger partial charge in [-0.05, 0) is 24.3 Å². The van der Waals surface area contributed by atoms with Gasteiger partial charge in [0.25, 0.3) is 0 Å². The molecule has 8 heteroatoms. The summed E-state index contributed by atoms with van der Waals surface area (Å²) in [5, 5.41) is 3.63. The Labute approximate surface area is 124 Å². The van der Waals surface area contributed by atoms with Gasteiger partial charge in [0.15, 0.2) is 0 Å². The van der Waals surface area contributed by atoms with Crippen LogP contribution in [0.5, 0.6) is 5.75 Å². The molecule has 1 aromatic carbocycles. The number of ether oxygens (including phenoxy) is 1. The normalized spacial score (nSPS) is 11.4. The fourth-order valence-corrected chi connectivity index (χ4v) is 1.74. The molecule has 2 aromatic rings. The molecule has 0 atom stereocenters. The summed E-state index contributed by atoms with van der Waals surface area (Å²) in [7, 11) is 0. The van der Waals surface area contributed by atoms with Crippen LogP contribution in [0.2, 0.25) is 0 Å². The van der Waals surface area contributed by atoms with Gasteiger partial charge in [0.1, 0.15) is 17.3 Å². The number of thiocarbonyl (C=S) groups is 1. The third-order valence-electron chi connectivity index (χ3n) is 2.69. The summed E-state index contributed by atoms with van der Waals surface area (Å²) in [6.45, 7) is 0.415. The van der Waals surface area contributed by atoms with Gasteiger partial charge in [-0.1, -0.05) is 12.2 Å². The van der Waals surface area contributed by atoms with Gasteiger partial charge in [-0.25, -0.2) is 0 Å². The summed E-state index contributed by atoms with van der Waals surface area (Å²) in [5.74, 6) is 0.582. The predicted octanol–water partition coefficient (Wildman–Crippen LogP) is 2.62. The molecule has 0 radical (unpaired) electrons. The molecule has 1 heterocycles. The molecule has 4 nitrogen and oxygen atoms in total. The fraction of sp³-hybridized carbons (Fsp3) is 0.231. The lowest BCUT2D eigenvalue weighted by atomic mass is 10.2. The van der Waals surface area contributed by atoms with Crippen LogP contribution in [-0.2, 0) is 12.7 Å². The molecule has 2 rings (SSSR count). The molecular formula is C13H12F3N3OS. The summed E-state index contributed by atoms with van der Waals surface area (Å²) in [5.41, 5.74) is 5.41. The lowest BCUT2D eigenvalue weighted by Gasteiger charge is -2.07. The van der Waals surface area contributed by atoms with Crippen molar-refractivity contribution < 1.29 is 17.9 Å². The summed E-state index contributed by atoms with van der Waals surface area (Å²) >= 11 is 4.82. The highest BCUT2D eigenvalue weighted by Crippen LogP contribution is 2.28. The zero-order valence-corrected chi connectivity index (χ0v) is 11.6. The van der Waals surface area contributed by atoms with E-state index in [2.05, 4.69) is 5.10 Å². The number of rotatable bonds is 5.